The largest absolute Gasteiger partial charge is 0.493 e. The van der Waals surface area contributed by atoms with Crippen LogP contribution in [0, 0.1) is 0 Å². The first-order valence-electron chi connectivity index (χ1n) is 9.62. The normalized spacial score (nSPS) is 18.4. The van der Waals surface area contributed by atoms with Crippen molar-refractivity contribution in [2.75, 3.05) is 13.2 Å². The molecule has 29 heavy (non-hydrogen) atoms. The van der Waals surface area contributed by atoms with Crippen LogP contribution in [0.3, 0.4) is 0 Å². The number of allylic oxidation sites excluding steroid dienone is 1. The maximum absolute atomic E-state index is 9.76. The topological polar surface area (TPSA) is 66.7 Å². The van der Waals surface area contributed by atoms with E-state index in [4.69, 9.17) is 4.74 Å². The zero-order valence-corrected chi connectivity index (χ0v) is 17.0. The summed E-state index contributed by atoms with van der Waals surface area (Å²) in [5.41, 5.74) is 2.91. The highest BCUT2D eigenvalue weighted by Gasteiger charge is 2.20. The number of benzene rings is 2. The second-order valence-corrected chi connectivity index (χ2v) is 7.78. The molecule has 1 aliphatic heterocycles. The van der Waals surface area contributed by atoms with Crippen molar-refractivity contribution in [1.29, 1.82) is 0 Å². The molecule has 1 aromatic heterocycles. The standard InChI is InChI=1S/C23H23N3O2S/c1-2-28-22-10-11-24-20-9-8-16(13-19(20)22)12-18-14-25-23(29-18)26-21(15-27)17-6-4-3-5-7-17/h3-14,21,23,26-27H,2,15H2,1H3/b18-12-/t21-,23?/m0/s1. The number of fused-ring (bicyclic) bond motifs is 1. The van der Waals surface area contributed by atoms with Crippen LogP contribution in [0.2, 0.25) is 0 Å². The number of thioether (sulfide) groups is 1. The number of ether oxygens (including phenoxy) is 1. The molecule has 5 nitrogen and oxygen atoms in total. The first-order chi connectivity index (χ1) is 14.3. The maximum Gasteiger partial charge on any atom is 0.151 e. The van der Waals surface area contributed by atoms with Gasteiger partial charge in [0.15, 0.2) is 5.50 Å². The minimum absolute atomic E-state index is 0.0214. The summed E-state index contributed by atoms with van der Waals surface area (Å²) >= 11 is 1.63. The number of nitrogens with one attached hydrogen (secondary N) is 1. The monoisotopic (exact) mass is 405 g/mol. The van der Waals surface area contributed by atoms with Crippen LogP contribution >= 0.6 is 11.8 Å². The lowest BCUT2D eigenvalue weighted by Crippen LogP contribution is -2.30. The van der Waals surface area contributed by atoms with Gasteiger partial charge in [-0.05, 0) is 42.3 Å². The number of aliphatic hydroxyl groups is 1. The smallest absolute Gasteiger partial charge is 0.151 e. The lowest BCUT2D eigenvalue weighted by Gasteiger charge is -2.19. The Morgan fingerprint density at radius 1 is 1.21 bits per heavy atom. The first kappa shape index (κ1) is 19.6. The maximum atomic E-state index is 9.76. The van der Waals surface area contributed by atoms with E-state index >= 15 is 0 Å². The predicted octanol–water partition coefficient (Wildman–Crippen LogP) is 4.40. The molecule has 6 heteroatoms. The van der Waals surface area contributed by atoms with Crippen LogP contribution < -0.4 is 10.1 Å². The van der Waals surface area contributed by atoms with Crippen LogP contribution in [-0.2, 0) is 0 Å². The van der Waals surface area contributed by atoms with E-state index in [0.29, 0.717) is 6.61 Å². The minimum Gasteiger partial charge on any atom is -0.493 e. The van der Waals surface area contributed by atoms with Gasteiger partial charge in [-0.25, -0.2) is 0 Å². The Labute approximate surface area is 174 Å². The van der Waals surface area contributed by atoms with Gasteiger partial charge in [-0.3, -0.25) is 15.3 Å². The average molecular weight is 406 g/mol. The van der Waals surface area contributed by atoms with Crippen LogP contribution in [0.5, 0.6) is 5.75 Å². The summed E-state index contributed by atoms with van der Waals surface area (Å²) in [6.45, 7) is 2.62. The van der Waals surface area contributed by atoms with Gasteiger partial charge >= 0.3 is 0 Å². The van der Waals surface area contributed by atoms with Gasteiger partial charge in [0.2, 0.25) is 0 Å². The fourth-order valence-electron chi connectivity index (χ4n) is 3.27. The van der Waals surface area contributed by atoms with Crippen molar-refractivity contribution in [2.24, 2.45) is 4.99 Å². The van der Waals surface area contributed by atoms with E-state index in [1.807, 2.05) is 61.7 Å². The third kappa shape index (κ3) is 4.67. The highest BCUT2D eigenvalue weighted by atomic mass is 32.2. The second-order valence-electron chi connectivity index (χ2n) is 6.63. The zero-order valence-electron chi connectivity index (χ0n) is 16.2. The van der Waals surface area contributed by atoms with Crippen LogP contribution in [0.4, 0.5) is 0 Å². The first-order valence-corrected chi connectivity index (χ1v) is 10.5. The molecule has 0 fully saturated rings. The molecule has 148 valence electrons. The summed E-state index contributed by atoms with van der Waals surface area (Å²) in [7, 11) is 0. The van der Waals surface area contributed by atoms with Crippen LogP contribution in [0.1, 0.15) is 24.1 Å². The molecule has 0 aliphatic carbocycles. The zero-order chi connectivity index (χ0) is 20.1. The van der Waals surface area contributed by atoms with Gasteiger partial charge in [0, 0.05) is 22.7 Å². The van der Waals surface area contributed by atoms with Gasteiger partial charge in [-0.2, -0.15) is 0 Å². The van der Waals surface area contributed by atoms with Crippen molar-refractivity contribution in [1.82, 2.24) is 10.3 Å². The van der Waals surface area contributed by atoms with E-state index < -0.39 is 0 Å². The van der Waals surface area contributed by atoms with Gasteiger partial charge in [-0.1, -0.05) is 48.2 Å². The van der Waals surface area contributed by atoms with Crippen molar-refractivity contribution in [3.05, 3.63) is 76.8 Å². The van der Waals surface area contributed by atoms with Crippen molar-refractivity contribution >= 4 is 35.0 Å². The summed E-state index contributed by atoms with van der Waals surface area (Å²) in [6, 6.07) is 17.8. The summed E-state index contributed by atoms with van der Waals surface area (Å²) in [5, 5.41) is 14.2. The van der Waals surface area contributed by atoms with E-state index in [1.165, 1.54) is 0 Å². The summed E-state index contributed by atoms with van der Waals surface area (Å²) < 4.78 is 5.73. The van der Waals surface area contributed by atoms with Crippen LogP contribution in [0.15, 0.2) is 70.7 Å². The molecule has 2 heterocycles. The summed E-state index contributed by atoms with van der Waals surface area (Å²) in [4.78, 5) is 10.0. The minimum atomic E-state index is -0.148. The molecular formula is C23H23N3O2S. The van der Waals surface area contributed by atoms with E-state index in [9.17, 15) is 5.11 Å². The Morgan fingerprint density at radius 3 is 2.86 bits per heavy atom. The molecule has 1 unspecified atom stereocenters. The molecule has 0 spiro atoms. The van der Waals surface area contributed by atoms with Crippen LogP contribution in [-0.4, -0.2) is 35.0 Å². The van der Waals surface area contributed by atoms with Gasteiger partial charge in [0.1, 0.15) is 5.75 Å². The number of aromatic nitrogens is 1. The van der Waals surface area contributed by atoms with Crippen LogP contribution in [0.25, 0.3) is 17.0 Å². The number of aliphatic imine (C=N–C) groups is 1. The molecule has 2 atom stereocenters. The molecule has 4 rings (SSSR count). The molecule has 3 aromatic rings. The summed E-state index contributed by atoms with van der Waals surface area (Å²) in [6.07, 6.45) is 5.75. The molecule has 1 aliphatic rings. The predicted molar refractivity (Wildman–Crippen MR) is 120 cm³/mol. The van der Waals surface area contributed by atoms with E-state index in [0.717, 1.165) is 32.7 Å². The van der Waals surface area contributed by atoms with Gasteiger partial charge in [-0.15, -0.1) is 0 Å². The van der Waals surface area contributed by atoms with Crippen molar-refractivity contribution < 1.29 is 9.84 Å². The highest BCUT2D eigenvalue weighted by Crippen LogP contribution is 2.31. The Hall–Kier alpha value is -2.67. The van der Waals surface area contributed by atoms with Crippen molar-refractivity contribution in [2.45, 2.75) is 18.5 Å². The fourth-order valence-corrected chi connectivity index (χ4v) is 4.20. The number of pyridine rings is 1. The van der Waals surface area contributed by atoms with Gasteiger partial charge < -0.3 is 9.84 Å². The number of aliphatic hydroxyl groups excluding tert-OH is 1. The number of hydrogen-bond donors (Lipinski definition) is 2. The Bertz CT molecular complexity index is 1040. The number of rotatable bonds is 7. The molecule has 0 saturated heterocycles. The molecular weight excluding hydrogens is 382 g/mol. The lowest BCUT2D eigenvalue weighted by molar-refractivity contribution is 0.243. The van der Waals surface area contributed by atoms with Crippen molar-refractivity contribution in [3.63, 3.8) is 0 Å². The van der Waals surface area contributed by atoms with Gasteiger partial charge in [0.05, 0.1) is 24.8 Å². The van der Waals surface area contributed by atoms with E-state index in [-0.39, 0.29) is 18.1 Å². The number of nitrogens with zero attached hydrogens (tertiary/aromatic N) is 2. The Balaban J connectivity index is 1.49. The SMILES string of the molecule is CCOc1ccnc2ccc(/C=C3/C=NC(N[C@@H](CO)c4ccccc4)S3)cc12. The molecule has 2 aromatic carbocycles. The molecule has 0 amide bonds. The van der Waals surface area contributed by atoms with Gasteiger partial charge in [0.25, 0.3) is 0 Å². The fraction of sp³-hybridized carbons (Fsp3) is 0.217. The molecule has 2 N–H and O–H groups in total. The molecule has 0 saturated carbocycles. The average Bonchev–Trinajstić information content (AvgIpc) is 3.20. The lowest BCUT2D eigenvalue weighted by atomic mass is 10.1. The molecule has 0 bridgehead atoms. The van der Waals surface area contributed by atoms with E-state index in [2.05, 4.69) is 27.4 Å². The van der Waals surface area contributed by atoms with E-state index in [1.54, 1.807) is 18.0 Å². The highest BCUT2D eigenvalue weighted by molar-refractivity contribution is 8.04. The quantitative estimate of drug-likeness (QED) is 0.610. The second kappa shape index (κ2) is 9.22. The Kier molecular flexibility index (Phi) is 6.24. The summed E-state index contributed by atoms with van der Waals surface area (Å²) in [5.74, 6) is 0.846. The molecule has 0 radical (unpaired) electrons. The van der Waals surface area contributed by atoms with Crippen molar-refractivity contribution in [3.8, 4) is 5.75 Å². The third-order valence-electron chi connectivity index (χ3n) is 4.65. The third-order valence-corrected chi connectivity index (χ3v) is 5.62. The number of hydrogen-bond acceptors (Lipinski definition) is 6. The Morgan fingerprint density at radius 2 is 2.07 bits per heavy atom.